The molecule has 0 bridgehead atoms. The van der Waals surface area contributed by atoms with Crippen molar-refractivity contribution in [1.29, 1.82) is 0 Å². The first-order valence-electron chi connectivity index (χ1n) is 6.09. The van der Waals surface area contributed by atoms with E-state index in [1.54, 1.807) is 0 Å². The van der Waals surface area contributed by atoms with Crippen LogP contribution in [0.3, 0.4) is 0 Å². The summed E-state index contributed by atoms with van der Waals surface area (Å²) < 4.78 is 1.82. The Labute approximate surface area is 113 Å². The molecule has 2 rings (SSSR count). The normalized spacial score (nSPS) is 12.7. The van der Waals surface area contributed by atoms with Crippen LogP contribution in [0.25, 0.3) is 0 Å². The van der Waals surface area contributed by atoms with Gasteiger partial charge in [-0.3, -0.25) is 4.68 Å². The molecule has 96 valence electrons. The SMILES string of the molecule is CCNC(c1ccc(Cl)c(C)c1)c1cnn(C)c1. The van der Waals surface area contributed by atoms with Crippen LogP contribution >= 0.6 is 11.6 Å². The first-order valence-corrected chi connectivity index (χ1v) is 6.47. The first kappa shape index (κ1) is 13.1. The van der Waals surface area contributed by atoms with Gasteiger partial charge in [0.25, 0.3) is 0 Å². The van der Waals surface area contributed by atoms with Crippen molar-refractivity contribution in [3.63, 3.8) is 0 Å². The lowest BCUT2D eigenvalue weighted by molar-refractivity contribution is 0.629. The maximum Gasteiger partial charge on any atom is 0.0607 e. The van der Waals surface area contributed by atoms with Crippen LogP contribution in [-0.4, -0.2) is 16.3 Å². The molecule has 1 unspecified atom stereocenters. The van der Waals surface area contributed by atoms with Crippen LogP contribution in [0.1, 0.15) is 29.7 Å². The Kier molecular flexibility index (Phi) is 4.04. The van der Waals surface area contributed by atoms with Gasteiger partial charge in [-0.05, 0) is 30.7 Å². The van der Waals surface area contributed by atoms with Crippen molar-refractivity contribution in [2.24, 2.45) is 7.05 Å². The summed E-state index contributed by atoms with van der Waals surface area (Å²) in [5, 5.41) is 8.52. The number of nitrogens with zero attached hydrogens (tertiary/aromatic N) is 2. The van der Waals surface area contributed by atoms with Crippen molar-refractivity contribution < 1.29 is 0 Å². The van der Waals surface area contributed by atoms with Crippen LogP contribution in [0, 0.1) is 6.92 Å². The van der Waals surface area contributed by atoms with E-state index in [0.29, 0.717) is 0 Å². The fourth-order valence-corrected chi connectivity index (χ4v) is 2.19. The largest absolute Gasteiger partial charge is 0.306 e. The second-order valence-electron chi connectivity index (χ2n) is 4.45. The van der Waals surface area contributed by atoms with E-state index in [9.17, 15) is 0 Å². The van der Waals surface area contributed by atoms with Gasteiger partial charge in [0, 0.05) is 23.8 Å². The van der Waals surface area contributed by atoms with Crippen molar-refractivity contribution in [3.8, 4) is 0 Å². The van der Waals surface area contributed by atoms with Gasteiger partial charge in [-0.25, -0.2) is 0 Å². The van der Waals surface area contributed by atoms with E-state index < -0.39 is 0 Å². The van der Waals surface area contributed by atoms with Gasteiger partial charge in [-0.15, -0.1) is 0 Å². The Morgan fingerprint density at radius 3 is 2.72 bits per heavy atom. The highest BCUT2D eigenvalue weighted by atomic mass is 35.5. The van der Waals surface area contributed by atoms with E-state index in [1.165, 1.54) is 11.1 Å². The minimum Gasteiger partial charge on any atom is -0.306 e. The summed E-state index contributed by atoms with van der Waals surface area (Å²) in [7, 11) is 1.93. The molecule has 1 N–H and O–H groups in total. The molecular formula is C14H18ClN3. The number of aromatic nitrogens is 2. The topological polar surface area (TPSA) is 29.9 Å². The molecule has 2 aromatic rings. The molecule has 18 heavy (non-hydrogen) atoms. The number of aryl methyl sites for hydroxylation is 2. The molecule has 3 nitrogen and oxygen atoms in total. The fraction of sp³-hybridized carbons (Fsp3) is 0.357. The molecule has 0 saturated carbocycles. The molecule has 0 fully saturated rings. The van der Waals surface area contributed by atoms with Crippen molar-refractivity contribution >= 4 is 11.6 Å². The first-order chi connectivity index (χ1) is 8.61. The molecule has 0 aliphatic heterocycles. The number of nitrogens with one attached hydrogen (secondary N) is 1. The monoisotopic (exact) mass is 263 g/mol. The van der Waals surface area contributed by atoms with Gasteiger partial charge in [0.1, 0.15) is 0 Å². The van der Waals surface area contributed by atoms with Gasteiger partial charge in [0.2, 0.25) is 0 Å². The van der Waals surface area contributed by atoms with Crippen LogP contribution in [0.15, 0.2) is 30.6 Å². The quantitative estimate of drug-likeness (QED) is 0.919. The van der Waals surface area contributed by atoms with Gasteiger partial charge in [0.15, 0.2) is 0 Å². The average Bonchev–Trinajstić information content (AvgIpc) is 2.76. The van der Waals surface area contributed by atoms with Crippen LogP contribution < -0.4 is 5.32 Å². The molecule has 0 spiro atoms. The van der Waals surface area contributed by atoms with Gasteiger partial charge in [-0.2, -0.15) is 5.10 Å². The summed E-state index contributed by atoms with van der Waals surface area (Å²) in [5.74, 6) is 0. The average molecular weight is 264 g/mol. The zero-order valence-electron chi connectivity index (χ0n) is 10.9. The highest BCUT2D eigenvalue weighted by molar-refractivity contribution is 6.31. The van der Waals surface area contributed by atoms with E-state index >= 15 is 0 Å². The van der Waals surface area contributed by atoms with Gasteiger partial charge < -0.3 is 5.32 Å². The summed E-state index contributed by atoms with van der Waals surface area (Å²) >= 11 is 6.08. The van der Waals surface area contributed by atoms with E-state index in [4.69, 9.17) is 11.6 Å². The predicted molar refractivity (Wildman–Crippen MR) is 74.9 cm³/mol. The highest BCUT2D eigenvalue weighted by Crippen LogP contribution is 2.25. The summed E-state index contributed by atoms with van der Waals surface area (Å²) in [6.07, 6.45) is 3.94. The maximum absolute atomic E-state index is 6.08. The van der Waals surface area contributed by atoms with Crippen molar-refractivity contribution in [2.45, 2.75) is 19.9 Å². The molecule has 1 heterocycles. The summed E-state index contributed by atoms with van der Waals surface area (Å²) in [5.41, 5.74) is 3.48. The van der Waals surface area contributed by atoms with Gasteiger partial charge in [0.05, 0.1) is 12.2 Å². The Bertz CT molecular complexity index is 534. The summed E-state index contributed by atoms with van der Waals surface area (Å²) in [6, 6.07) is 6.31. The maximum atomic E-state index is 6.08. The number of rotatable bonds is 4. The highest BCUT2D eigenvalue weighted by Gasteiger charge is 2.15. The van der Waals surface area contributed by atoms with Crippen LogP contribution in [-0.2, 0) is 7.05 Å². The minimum absolute atomic E-state index is 0.166. The third-order valence-corrected chi connectivity index (χ3v) is 3.41. The van der Waals surface area contributed by atoms with Gasteiger partial charge in [-0.1, -0.05) is 30.7 Å². The summed E-state index contributed by atoms with van der Waals surface area (Å²) in [6.45, 7) is 5.03. The number of hydrogen-bond acceptors (Lipinski definition) is 2. The molecule has 0 saturated heterocycles. The Morgan fingerprint density at radius 2 is 2.17 bits per heavy atom. The Balaban J connectivity index is 2.37. The molecule has 0 amide bonds. The van der Waals surface area contributed by atoms with Crippen molar-refractivity contribution in [1.82, 2.24) is 15.1 Å². The number of benzene rings is 1. The van der Waals surface area contributed by atoms with E-state index in [1.807, 2.05) is 37.1 Å². The molecule has 1 aromatic carbocycles. The summed E-state index contributed by atoms with van der Waals surface area (Å²) in [4.78, 5) is 0. The Morgan fingerprint density at radius 1 is 1.39 bits per heavy atom. The zero-order valence-corrected chi connectivity index (χ0v) is 11.7. The van der Waals surface area contributed by atoms with E-state index in [0.717, 1.165) is 17.1 Å². The van der Waals surface area contributed by atoms with Crippen molar-refractivity contribution in [2.75, 3.05) is 6.54 Å². The van der Waals surface area contributed by atoms with Crippen LogP contribution in [0.5, 0.6) is 0 Å². The molecule has 0 aliphatic rings. The molecule has 0 radical (unpaired) electrons. The Hall–Kier alpha value is -1.32. The second kappa shape index (κ2) is 5.55. The molecule has 4 heteroatoms. The smallest absolute Gasteiger partial charge is 0.0607 e. The number of hydrogen-bond donors (Lipinski definition) is 1. The minimum atomic E-state index is 0.166. The lowest BCUT2D eigenvalue weighted by atomic mass is 10.00. The van der Waals surface area contributed by atoms with Gasteiger partial charge >= 0.3 is 0 Å². The number of halogens is 1. The van der Waals surface area contributed by atoms with E-state index in [2.05, 4.69) is 29.5 Å². The van der Waals surface area contributed by atoms with Crippen LogP contribution in [0.2, 0.25) is 5.02 Å². The third-order valence-electron chi connectivity index (χ3n) is 2.98. The lowest BCUT2D eigenvalue weighted by Crippen LogP contribution is -2.21. The lowest BCUT2D eigenvalue weighted by Gasteiger charge is -2.17. The zero-order chi connectivity index (χ0) is 13.1. The van der Waals surface area contributed by atoms with Crippen molar-refractivity contribution in [3.05, 3.63) is 52.3 Å². The van der Waals surface area contributed by atoms with E-state index in [-0.39, 0.29) is 6.04 Å². The third kappa shape index (κ3) is 2.74. The standard InChI is InChI=1S/C14H18ClN3/c1-4-16-14(12-8-17-18(3)9-12)11-5-6-13(15)10(2)7-11/h5-9,14,16H,4H2,1-3H3. The predicted octanol–water partition coefficient (Wildman–Crippen LogP) is 3.08. The molecule has 1 atom stereocenters. The molecular weight excluding hydrogens is 246 g/mol. The molecule has 0 aliphatic carbocycles. The second-order valence-corrected chi connectivity index (χ2v) is 4.85. The fourth-order valence-electron chi connectivity index (χ4n) is 2.07. The van der Waals surface area contributed by atoms with Crippen LogP contribution in [0.4, 0.5) is 0 Å². The molecule has 1 aromatic heterocycles.